The van der Waals surface area contributed by atoms with Crippen LogP contribution in [0.3, 0.4) is 0 Å². The predicted molar refractivity (Wildman–Crippen MR) is 60.0 cm³/mol. The molecule has 0 fully saturated rings. The maximum absolute atomic E-state index is 10.3. The summed E-state index contributed by atoms with van der Waals surface area (Å²) >= 11 is 0. The van der Waals surface area contributed by atoms with E-state index in [1.165, 1.54) is 0 Å². The van der Waals surface area contributed by atoms with Crippen LogP contribution in [0.5, 0.6) is 0 Å². The molecule has 14 heavy (non-hydrogen) atoms. The molecule has 1 heteroatoms. The Labute approximate surface area is 85.4 Å². The number of hydrogen-bond acceptors (Lipinski definition) is 1. The molecule has 1 aromatic carbocycles. The van der Waals surface area contributed by atoms with Gasteiger partial charge in [-0.2, -0.15) is 0 Å². The quantitative estimate of drug-likeness (QED) is 0.720. The Kier molecular flexibility index (Phi) is 3.66. The second-order valence-electron chi connectivity index (χ2n) is 3.28. The first kappa shape index (κ1) is 10.7. The van der Waals surface area contributed by atoms with Gasteiger partial charge in [0.2, 0.25) is 0 Å². The molecule has 0 aliphatic rings. The van der Waals surface area contributed by atoms with Gasteiger partial charge in [-0.1, -0.05) is 48.6 Å². The molecule has 1 unspecified atom stereocenters. The summed E-state index contributed by atoms with van der Waals surface area (Å²) in [6.07, 6.45) is 5.91. The largest absolute Gasteiger partial charge is 0.381 e. The van der Waals surface area contributed by atoms with Gasteiger partial charge in [-0.05, 0) is 12.5 Å². The fraction of sp³-hybridized carbons (Fsp3) is 0.231. The van der Waals surface area contributed by atoms with E-state index >= 15 is 0 Å². The molecule has 0 bridgehead atoms. The van der Waals surface area contributed by atoms with Gasteiger partial charge in [-0.25, -0.2) is 0 Å². The van der Waals surface area contributed by atoms with E-state index in [0.717, 1.165) is 5.56 Å². The lowest BCUT2D eigenvalue weighted by molar-refractivity contribution is 0.0928. The van der Waals surface area contributed by atoms with Crippen molar-refractivity contribution in [3.8, 4) is 0 Å². The van der Waals surface area contributed by atoms with Crippen LogP contribution in [-0.2, 0) is 5.60 Å². The van der Waals surface area contributed by atoms with Crippen molar-refractivity contribution in [1.82, 2.24) is 0 Å². The molecule has 0 spiro atoms. The normalized spacial score (nSPS) is 15.3. The molecule has 1 atom stereocenters. The lowest BCUT2D eigenvalue weighted by Gasteiger charge is -2.23. The summed E-state index contributed by atoms with van der Waals surface area (Å²) in [7, 11) is 0. The topological polar surface area (TPSA) is 20.2 Å². The van der Waals surface area contributed by atoms with E-state index in [1.807, 2.05) is 43.3 Å². The van der Waals surface area contributed by atoms with Crippen molar-refractivity contribution in [1.29, 1.82) is 0 Å². The van der Waals surface area contributed by atoms with Crippen molar-refractivity contribution in [2.45, 2.75) is 18.9 Å². The molecule has 1 N–H and O–H groups in total. The lowest BCUT2D eigenvalue weighted by Crippen LogP contribution is -2.21. The molecule has 1 nitrogen and oxygen atoms in total. The van der Waals surface area contributed by atoms with Gasteiger partial charge < -0.3 is 5.11 Å². The standard InChI is InChI=1S/C13H16O/c1-3-10-13(14,11-4-2)12-8-6-5-7-9-12/h3-9,11,14H,1,10H2,2H3. The summed E-state index contributed by atoms with van der Waals surface area (Å²) in [4.78, 5) is 0. The third-order valence-electron chi connectivity index (χ3n) is 2.17. The van der Waals surface area contributed by atoms with Gasteiger partial charge >= 0.3 is 0 Å². The smallest absolute Gasteiger partial charge is 0.111 e. The highest BCUT2D eigenvalue weighted by Crippen LogP contribution is 2.26. The molecular formula is C13H16O. The van der Waals surface area contributed by atoms with E-state index in [4.69, 9.17) is 0 Å². The van der Waals surface area contributed by atoms with Crippen LogP contribution in [-0.4, -0.2) is 5.11 Å². The van der Waals surface area contributed by atoms with Gasteiger partial charge in [0.25, 0.3) is 0 Å². The fourth-order valence-corrected chi connectivity index (χ4v) is 1.50. The number of benzene rings is 1. The summed E-state index contributed by atoms with van der Waals surface area (Å²) < 4.78 is 0. The molecule has 0 aromatic heterocycles. The summed E-state index contributed by atoms with van der Waals surface area (Å²) in [5.74, 6) is 0. The van der Waals surface area contributed by atoms with Crippen molar-refractivity contribution in [2.75, 3.05) is 0 Å². The van der Waals surface area contributed by atoms with Gasteiger partial charge in [-0.15, -0.1) is 6.58 Å². The van der Waals surface area contributed by atoms with Gasteiger partial charge in [0, 0.05) is 6.42 Å². The van der Waals surface area contributed by atoms with Crippen molar-refractivity contribution in [3.05, 3.63) is 60.7 Å². The first-order valence-corrected chi connectivity index (χ1v) is 4.75. The van der Waals surface area contributed by atoms with Crippen LogP contribution in [0.25, 0.3) is 0 Å². The van der Waals surface area contributed by atoms with Crippen LogP contribution in [0.2, 0.25) is 0 Å². The van der Waals surface area contributed by atoms with Crippen LogP contribution in [0, 0.1) is 0 Å². The van der Waals surface area contributed by atoms with Crippen molar-refractivity contribution < 1.29 is 5.11 Å². The first-order chi connectivity index (χ1) is 6.73. The molecule has 1 rings (SSSR count). The summed E-state index contributed by atoms with van der Waals surface area (Å²) in [6, 6.07) is 9.63. The van der Waals surface area contributed by atoms with E-state index in [0.29, 0.717) is 6.42 Å². The predicted octanol–water partition coefficient (Wildman–Crippen LogP) is 3.03. The molecule has 0 radical (unpaired) electrons. The highest BCUT2D eigenvalue weighted by atomic mass is 16.3. The minimum Gasteiger partial charge on any atom is -0.381 e. The minimum atomic E-state index is -0.905. The third-order valence-corrected chi connectivity index (χ3v) is 2.17. The van der Waals surface area contributed by atoms with E-state index in [9.17, 15) is 5.11 Å². The minimum absolute atomic E-state index is 0.529. The van der Waals surface area contributed by atoms with Crippen molar-refractivity contribution in [3.63, 3.8) is 0 Å². The summed E-state index contributed by atoms with van der Waals surface area (Å²) in [5.41, 5.74) is -0.00407. The zero-order valence-electron chi connectivity index (χ0n) is 8.48. The maximum atomic E-state index is 10.3. The van der Waals surface area contributed by atoms with Gasteiger partial charge in [-0.3, -0.25) is 0 Å². The fourth-order valence-electron chi connectivity index (χ4n) is 1.50. The Bertz CT molecular complexity index is 313. The average molecular weight is 188 g/mol. The molecule has 74 valence electrons. The summed E-state index contributed by atoms with van der Waals surface area (Å²) in [5, 5.41) is 10.3. The maximum Gasteiger partial charge on any atom is 0.111 e. The second-order valence-corrected chi connectivity index (χ2v) is 3.28. The Morgan fingerprint density at radius 3 is 2.50 bits per heavy atom. The lowest BCUT2D eigenvalue weighted by atomic mass is 9.90. The molecule has 1 aromatic rings. The second kappa shape index (κ2) is 4.77. The molecule has 0 aliphatic carbocycles. The molecule has 0 aliphatic heterocycles. The Balaban J connectivity index is 3.05. The van der Waals surface area contributed by atoms with E-state index < -0.39 is 5.60 Å². The van der Waals surface area contributed by atoms with Crippen LogP contribution in [0.4, 0.5) is 0 Å². The van der Waals surface area contributed by atoms with Gasteiger partial charge in [0.1, 0.15) is 5.60 Å². The molecule has 0 heterocycles. The number of hydrogen-bond donors (Lipinski definition) is 1. The molecule has 0 saturated carbocycles. The molecule has 0 amide bonds. The zero-order chi connectivity index (χ0) is 10.4. The monoisotopic (exact) mass is 188 g/mol. The van der Waals surface area contributed by atoms with Crippen LogP contribution in [0.15, 0.2) is 55.1 Å². The van der Waals surface area contributed by atoms with Crippen LogP contribution in [0.1, 0.15) is 18.9 Å². The van der Waals surface area contributed by atoms with E-state index in [-0.39, 0.29) is 0 Å². The first-order valence-electron chi connectivity index (χ1n) is 4.75. The van der Waals surface area contributed by atoms with E-state index in [2.05, 4.69) is 6.58 Å². The number of aliphatic hydroxyl groups is 1. The van der Waals surface area contributed by atoms with Crippen LogP contribution < -0.4 is 0 Å². The van der Waals surface area contributed by atoms with Crippen molar-refractivity contribution >= 4 is 0 Å². The molecular weight excluding hydrogens is 172 g/mol. The average Bonchev–Trinajstić information content (AvgIpc) is 2.20. The van der Waals surface area contributed by atoms with E-state index in [1.54, 1.807) is 12.2 Å². The highest BCUT2D eigenvalue weighted by molar-refractivity contribution is 5.27. The Morgan fingerprint density at radius 1 is 1.36 bits per heavy atom. The molecule has 0 saturated heterocycles. The van der Waals surface area contributed by atoms with Crippen LogP contribution >= 0.6 is 0 Å². The third kappa shape index (κ3) is 2.33. The SMILES string of the molecule is C=CCC(O)(C=CC)c1ccccc1. The number of allylic oxidation sites excluding steroid dienone is 1. The summed E-state index contributed by atoms with van der Waals surface area (Å²) in [6.45, 7) is 5.56. The number of rotatable bonds is 4. The zero-order valence-corrected chi connectivity index (χ0v) is 8.48. The highest BCUT2D eigenvalue weighted by Gasteiger charge is 2.23. The Hall–Kier alpha value is -1.34. The van der Waals surface area contributed by atoms with Crippen molar-refractivity contribution in [2.24, 2.45) is 0 Å². The van der Waals surface area contributed by atoms with Gasteiger partial charge in [0.15, 0.2) is 0 Å². The Morgan fingerprint density at radius 2 is 2.00 bits per heavy atom. The van der Waals surface area contributed by atoms with Gasteiger partial charge in [0.05, 0.1) is 0 Å².